The zero-order valence-electron chi connectivity index (χ0n) is 10.5. The number of hydrogen-bond donors (Lipinski definition) is 1. The van der Waals surface area contributed by atoms with E-state index in [-0.39, 0.29) is 24.7 Å². The van der Waals surface area contributed by atoms with Crippen molar-refractivity contribution in [3.63, 3.8) is 0 Å². The minimum Gasteiger partial charge on any atom is -0.472 e. The summed E-state index contributed by atoms with van der Waals surface area (Å²) in [6.07, 6.45) is 2.06. The average molecular weight is 324 g/mol. The normalized spacial score (nSPS) is 7.50. The zero-order chi connectivity index (χ0) is 13.4. The van der Waals surface area contributed by atoms with Crippen LogP contribution in [-0.4, -0.2) is 23.4 Å². The first-order valence-electron chi connectivity index (χ1n) is 5.05. The van der Waals surface area contributed by atoms with Gasteiger partial charge >= 0.3 is 6.15 Å². The maximum absolute atomic E-state index is 8.12. The number of nitrogens with one attached hydrogen (secondary N) is 1. The van der Waals surface area contributed by atoms with E-state index in [9.17, 15) is 0 Å². The van der Waals surface area contributed by atoms with E-state index in [1.54, 1.807) is 21.6 Å². The molecule has 0 bridgehead atoms. The van der Waals surface area contributed by atoms with Gasteiger partial charge in [-0.1, -0.05) is 30.7 Å². The molecular formula is C11H17N2O2S2V-. The molecule has 0 amide bonds. The standard InChI is InChI=1S/C8H11N2S2.C2H6.CO2.V/c1-9-6-7-11-12-8-4-2-3-5-10-8;1-2;2-1-3;/h2-5,9H,1,6-7H2;1-2H3;;/q-1;;;. The molecule has 1 aromatic heterocycles. The zero-order valence-corrected chi connectivity index (χ0v) is 13.5. The van der Waals surface area contributed by atoms with Crippen LogP contribution >= 0.6 is 21.6 Å². The van der Waals surface area contributed by atoms with E-state index >= 15 is 0 Å². The van der Waals surface area contributed by atoms with Crippen LogP contribution in [0.4, 0.5) is 0 Å². The number of hydrogen-bond acceptors (Lipinski definition) is 6. The molecule has 1 N–H and O–H groups in total. The predicted octanol–water partition coefficient (Wildman–Crippen LogP) is 2.64. The molecule has 0 aromatic carbocycles. The van der Waals surface area contributed by atoms with Gasteiger partial charge in [0, 0.05) is 30.5 Å². The van der Waals surface area contributed by atoms with Gasteiger partial charge in [0.1, 0.15) is 5.03 Å². The van der Waals surface area contributed by atoms with Gasteiger partial charge in [-0.25, -0.2) is 4.98 Å². The third kappa shape index (κ3) is 18.1. The summed E-state index contributed by atoms with van der Waals surface area (Å²) >= 11 is 0. The number of rotatable bonds is 5. The van der Waals surface area contributed by atoms with Crippen molar-refractivity contribution in [1.82, 2.24) is 10.3 Å². The summed E-state index contributed by atoms with van der Waals surface area (Å²) in [6.45, 7) is 4.94. The molecule has 0 saturated carbocycles. The van der Waals surface area contributed by atoms with E-state index in [1.807, 2.05) is 38.2 Å². The Hall–Kier alpha value is -0.226. The molecule has 0 spiro atoms. The number of aromatic nitrogens is 1. The van der Waals surface area contributed by atoms with Crippen molar-refractivity contribution >= 4 is 27.7 Å². The van der Waals surface area contributed by atoms with E-state index in [0.717, 1.165) is 17.3 Å². The van der Waals surface area contributed by atoms with Crippen LogP contribution in [0.2, 0.25) is 0 Å². The van der Waals surface area contributed by atoms with Gasteiger partial charge in [-0.2, -0.15) is 9.59 Å². The van der Waals surface area contributed by atoms with Crippen LogP contribution in [0.1, 0.15) is 13.8 Å². The average Bonchev–Trinajstić information content (AvgIpc) is 2.39. The second-order valence-electron chi connectivity index (χ2n) is 2.16. The summed E-state index contributed by atoms with van der Waals surface area (Å²) in [5, 5.41) is 3.91. The van der Waals surface area contributed by atoms with Crippen molar-refractivity contribution < 1.29 is 28.1 Å². The van der Waals surface area contributed by atoms with Crippen LogP contribution < -0.4 is 5.32 Å². The number of carbonyl (C=O) groups excluding carboxylic acids is 2. The molecule has 0 saturated heterocycles. The van der Waals surface area contributed by atoms with Crippen molar-refractivity contribution in [3.8, 4) is 0 Å². The van der Waals surface area contributed by atoms with Crippen LogP contribution in [-0.2, 0) is 28.1 Å². The Bertz CT molecular complexity index is 284. The first-order valence-corrected chi connectivity index (χ1v) is 7.36. The summed E-state index contributed by atoms with van der Waals surface area (Å²) in [5.74, 6) is 1.05. The quantitative estimate of drug-likeness (QED) is 0.510. The van der Waals surface area contributed by atoms with Crippen molar-refractivity contribution in [2.24, 2.45) is 0 Å². The predicted molar refractivity (Wildman–Crippen MR) is 72.3 cm³/mol. The molecule has 0 fully saturated rings. The van der Waals surface area contributed by atoms with E-state index in [4.69, 9.17) is 9.59 Å². The molecule has 18 heavy (non-hydrogen) atoms. The maximum atomic E-state index is 8.12. The first kappa shape index (κ1) is 22.9. The Morgan fingerprint density at radius 2 is 2.00 bits per heavy atom. The molecule has 1 rings (SSSR count). The molecule has 1 radical (unpaired) electrons. The van der Waals surface area contributed by atoms with E-state index in [1.165, 1.54) is 0 Å². The van der Waals surface area contributed by atoms with Crippen molar-refractivity contribution in [2.45, 2.75) is 18.9 Å². The van der Waals surface area contributed by atoms with Crippen LogP contribution in [0.25, 0.3) is 0 Å². The van der Waals surface area contributed by atoms with Crippen molar-refractivity contribution in [1.29, 1.82) is 0 Å². The minimum absolute atomic E-state index is 0. The molecule has 1 heterocycles. The fraction of sp³-hybridized carbons (Fsp3) is 0.364. The fourth-order valence-corrected chi connectivity index (χ4v) is 2.44. The van der Waals surface area contributed by atoms with Gasteiger partial charge in [-0.05, 0) is 29.5 Å². The molecule has 4 nitrogen and oxygen atoms in total. The first-order chi connectivity index (χ1) is 8.35. The van der Waals surface area contributed by atoms with Gasteiger partial charge in [0.05, 0.1) is 0 Å². The molecule has 0 atom stereocenters. The van der Waals surface area contributed by atoms with E-state index < -0.39 is 0 Å². The largest absolute Gasteiger partial charge is 0.472 e. The van der Waals surface area contributed by atoms with Gasteiger partial charge in [0.2, 0.25) is 0 Å². The second kappa shape index (κ2) is 22.0. The smallest absolute Gasteiger partial charge is 0.373 e. The summed E-state index contributed by atoms with van der Waals surface area (Å²) in [7, 11) is 7.02. The third-order valence-corrected chi connectivity index (χ3v) is 3.41. The van der Waals surface area contributed by atoms with Gasteiger partial charge in [-0.15, -0.1) is 0 Å². The Balaban J connectivity index is -0.000000329. The van der Waals surface area contributed by atoms with Gasteiger partial charge in [0.25, 0.3) is 0 Å². The molecule has 0 aliphatic heterocycles. The topological polar surface area (TPSA) is 59.1 Å². The fourth-order valence-electron chi connectivity index (χ4n) is 0.612. The van der Waals surface area contributed by atoms with Crippen molar-refractivity contribution in [2.75, 3.05) is 12.3 Å². The SMILES string of the molecule is CC.O=C=O.[CH2-]NCCSSc1ccccn1.[V]. The Labute approximate surface area is 128 Å². The van der Waals surface area contributed by atoms with Crippen LogP contribution in [0.3, 0.4) is 0 Å². The third-order valence-electron chi connectivity index (χ3n) is 1.14. The summed E-state index contributed by atoms with van der Waals surface area (Å²) < 4.78 is 0. The molecule has 101 valence electrons. The van der Waals surface area contributed by atoms with Gasteiger partial charge < -0.3 is 5.32 Å². The van der Waals surface area contributed by atoms with Crippen LogP contribution in [0.15, 0.2) is 29.4 Å². The molecular weight excluding hydrogens is 307 g/mol. The van der Waals surface area contributed by atoms with Crippen molar-refractivity contribution in [3.05, 3.63) is 31.4 Å². The second-order valence-corrected chi connectivity index (χ2v) is 4.59. The molecule has 0 aliphatic rings. The summed E-state index contributed by atoms with van der Waals surface area (Å²) in [5.41, 5.74) is 0. The van der Waals surface area contributed by atoms with Gasteiger partial charge in [-0.3, -0.25) is 7.05 Å². The molecule has 0 unspecified atom stereocenters. The molecule has 1 aromatic rings. The van der Waals surface area contributed by atoms with Crippen LogP contribution in [0.5, 0.6) is 0 Å². The van der Waals surface area contributed by atoms with E-state index in [0.29, 0.717) is 0 Å². The number of pyridine rings is 1. The monoisotopic (exact) mass is 324 g/mol. The Morgan fingerprint density at radius 3 is 2.44 bits per heavy atom. The summed E-state index contributed by atoms with van der Waals surface area (Å²) in [4.78, 5) is 20.4. The molecule has 7 heteroatoms. The Morgan fingerprint density at radius 1 is 1.39 bits per heavy atom. The van der Waals surface area contributed by atoms with Crippen LogP contribution in [0, 0.1) is 7.05 Å². The number of nitrogens with zero attached hydrogens (tertiary/aromatic N) is 1. The Kier molecular flexibility index (Phi) is 28.0. The van der Waals surface area contributed by atoms with Gasteiger partial charge in [0.15, 0.2) is 0 Å². The van der Waals surface area contributed by atoms with E-state index in [2.05, 4.69) is 17.3 Å². The minimum atomic E-state index is 0. The molecule has 0 aliphatic carbocycles. The summed E-state index contributed by atoms with van der Waals surface area (Å²) in [6, 6.07) is 5.93. The maximum Gasteiger partial charge on any atom is 0.373 e.